The number of alkyl halides is 2. The van der Waals surface area contributed by atoms with Gasteiger partial charge >= 0.3 is 5.76 Å². The van der Waals surface area contributed by atoms with E-state index in [1.807, 2.05) is 4.90 Å². The van der Waals surface area contributed by atoms with Crippen LogP contribution < -0.4 is 4.90 Å². The zero-order chi connectivity index (χ0) is 15.5. The average Bonchev–Trinajstić information content (AvgIpc) is 2.48. The van der Waals surface area contributed by atoms with Gasteiger partial charge in [0, 0.05) is 19.2 Å². The second kappa shape index (κ2) is 6.70. The van der Waals surface area contributed by atoms with Crippen molar-refractivity contribution in [3.05, 3.63) is 24.3 Å². The van der Waals surface area contributed by atoms with Crippen molar-refractivity contribution in [1.82, 2.24) is 0 Å². The molecule has 1 N–H and O–H groups in total. The van der Waals surface area contributed by atoms with Gasteiger partial charge in [0.1, 0.15) is 0 Å². The quantitative estimate of drug-likeness (QED) is 0.905. The van der Waals surface area contributed by atoms with E-state index in [1.165, 1.54) is 12.1 Å². The van der Waals surface area contributed by atoms with Gasteiger partial charge in [-0.05, 0) is 37.8 Å². The molecule has 1 heterocycles. The predicted molar refractivity (Wildman–Crippen MR) is 76.3 cm³/mol. The number of piperidine rings is 1. The molecule has 0 aliphatic carbocycles. The maximum atomic E-state index is 12.8. The van der Waals surface area contributed by atoms with Crippen LogP contribution in [0.3, 0.4) is 0 Å². The molecular weight excluding hydrogens is 300 g/mol. The van der Waals surface area contributed by atoms with Crippen LogP contribution in [0.5, 0.6) is 0 Å². The van der Waals surface area contributed by atoms with Crippen molar-refractivity contribution in [2.45, 2.75) is 42.4 Å². The number of benzene rings is 1. The van der Waals surface area contributed by atoms with Gasteiger partial charge in [-0.25, -0.2) is 8.42 Å². The lowest BCUT2D eigenvalue weighted by atomic mass is 9.99. The molecule has 1 aliphatic heterocycles. The van der Waals surface area contributed by atoms with E-state index in [1.54, 1.807) is 12.1 Å². The fraction of sp³-hybridized carbons (Fsp3) is 0.571. The van der Waals surface area contributed by atoms with Crippen LogP contribution in [0.25, 0.3) is 0 Å². The van der Waals surface area contributed by atoms with E-state index < -0.39 is 15.6 Å². The molecule has 0 saturated carbocycles. The summed E-state index contributed by atoms with van der Waals surface area (Å²) in [6.07, 6.45) is 3.20. The van der Waals surface area contributed by atoms with Crippen molar-refractivity contribution in [1.29, 1.82) is 0 Å². The summed E-state index contributed by atoms with van der Waals surface area (Å²) in [6, 6.07) is 5.86. The van der Waals surface area contributed by atoms with Crippen molar-refractivity contribution in [2.24, 2.45) is 0 Å². The molecule has 0 radical (unpaired) electrons. The molecule has 1 aromatic rings. The highest BCUT2D eigenvalue weighted by Crippen LogP contribution is 2.33. The van der Waals surface area contributed by atoms with Crippen LogP contribution >= 0.6 is 0 Å². The molecule has 1 saturated heterocycles. The number of hydrogen-bond acceptors (Lipinski definition) is 4. The molecule has 0 spiro atoms. The molecule has 1 unspecified atom stereocenters. The van der Waals surface area contributed by atoms with E-state index >= 15 is 0 Å². The summed E-state index contributed by atoms with van der Waals surface area (Å²) in [5.74, 6) is -3.43. The number of halogens is 2. The van der Waals surface area contributed by atoms with Gasteiger partial charge in [0.2, 0.25) is 9.84 Å². The zero-order valence-electron chi connectivity index (χ0n) is 11.6. The van der Waals surface area contributed by atoms with Crippen molar-refractivity contribution in [3.8, 4) is 0 Å². The first-order valence-electron chi connectivity index (χ1n) is 6.97. The van der Waals surface area contributed by atoms with Gasteiger partial charge in [0.25, 0.3) is 0 Å². The number of hydrogen-bond donors (Lipinski definition) is 1. The van der Waals surface area contributed by atoms with Crippen molar-refractivity contribution >= 4 is 15.5 Å². The molecule has 1 aliphatic rings. The van der Waals surface area contributed by atoms with Gasteiger partial charge in [0.05, 0.1) is 10.6 Å². The molecule has 0 bridgehead atoms. The molecule has 2 rings (SSSR count). The maximum absolute atomic E-state index is 12.8. The first kappa shape index (κ1) is 16.2. The van der Waals surface area contributed by atoms with Gasteiger partial charge in [-0.2, -0.15) is 8.78 Å². The Kier molecular flexibility index (Phi) is 5.16. The summed E-state index contributed by atoms with van der Waals surface area (Å²) >= 11 is 0. The normalized spacial score (nSPS) is 20.0. The molecule has 118 valence electrons. The SMILES string of the molecule is O=S(=O)(c1ccccc1N1CCCCC1CCO)C(F)F. The highest BCUT2D eigenvalue weighted by atomic mass is 32.2. The lowest BCUT2D eigenvalue weighted by molar-refractivity contribution is 0.234. The molecule has 1 aromatic carbocycles. The number of para-hydroxylation sites is 1. The smallest absolute Gasteiger partial charge is 0.341 e. The van der Waals surface area contributed by atoms with E-state index in [9.17, 15) is 17.2 Å². The van der Waals surface area contributed by atoms with E-state index in [0.29, 0.717) is 18.7 Å². The van der Waals surface area contributed by atoms with Gasteiger partial charge in [0.15, 0.2) is 0 Å². The van der Waals surface area contributed by atoms with Crippen LogP contribution in [0.4, 0.5) is 14.5 Å². The third-order valence-corrected chi connectivity index (χ3v) is 5.23. The second-order valence-corrected chi connectivity index (χ2v) is 7.01. The average molecular weight is 319 g/mol. The fourth-order valence-electron chi connectivity index (χ4n) is 2.80. The summed E-state index contributed by atoms with van der Waals surface area (Å²) in [6.45, 7) is 0.603. The molecule has 21 heavy (non-hydrogen) atoms. The minimum absolute atomic E-state index is 0.00900. The lowest BCUT2D eigenvalue weighted by Gasteiger charge is -2.38. The van der Waals surface area contributed by atoms with Crippen molar-refractivity contribution < 1.29 is 22.3 Å². The molecule has 1 atom stereocenters. The minimum atomic E-state index is -4.63. The third kappa shape index (κ3) is 3.35. The number of sulfone groups is 1. The fourth-order valence-corrected chi connectivity index (χ4v) is 3.73. The summed E-state index contributed by atoms with van der Waals surface area (Å²) in [5.41, 5.74) is 0.316. The predicted octanol–water partition coefficient (Wildman–Crippen LogP) is 2.42. The number of nitrogens with zero attached hydrogens (tertiary/aromatic N) is 1. The van der Waals surface area contributed by atoms with E-state index in [2.05, 4.69) is 0 Å². The largest absolute Gasteiger partial charge is 0.396 e. The summed E-state index contributed by atoms with van der Waals surface area (Å²) in [4.78, 5) is 1.51. The van der Waals surface area contributed by atoms with Crippen LogP contribution in [0.15, 0.2) is 29.2 Å². The number of anilines is 1. The molecule has 0 aromatic heterocycles. The van der Waals surface area contributed by atoms with Crippen molar-refractivity contribution in [2.75, 3.05) is 18.1 Å². The molecule has 1 fully saturated rings. The van der Waals surface area contributed by atoms with Gasteiger partial charge in [-0.1, -0.05) is 12.1 Å². The number of aliphatic hydroxyl groups is 1. The summed E-state index contributed by atoms with van der Waals surface area (Å²) in [5, 5.41) is 9.14. The van der Waals surface area contributed by atoms with Gasteiger partial charge in [-0.15, -0.1) is 0 Å². The Hall–Kier alpha value is -1.21. The molecule has 0 amide bonds. The minimum Gasteiger partial charge on any atom is -0.396 e. The number of aliphatic hydroxyl groups excluding tert-OH is 1. The van der Waals surface area contributed by atoms with E-state index in [-0.39, 0.29) is 17.5 Å². The Morgan fingerprint density at radius 2 is 2.00 bits per heavy atom. The monoisotopic (exact) mass is 319 g/mol. The Bertz CT molecular complexity index is 575. The molecular formula is C14H19F2NO3S. The van der Waals surface area contributed by atoms with Crippen LogP contribution in [-0.4, -0.2) is 38.5 Å². The Balaban J connectivity index is 2.44. The molecule has 4 nitrogen and oxygen atoms in total. The Labute approximate surface area is 123 Å². The Morgan fingerprint density at radius 1 is 1.29 bits per heavy atom. The third-order valence-electron chi connectivity index (χ3n) is 3.81. The second-order valence-electron chi connectivity index (χ2n) is 5.13. The van der Waals surface area contributed by atoms with E-state index in [4.69, 9.17) is 5.11 Å². The highest BCUT2D eigenvalue weighted by Gasteiger charge is 2.32. The van der Waals surface area contributed by atoms with Gasteiger partial charge in [-0.3, -0.25) is 0 Å². The topological polar surface area (TPSA) is 57.6 Å². The standard InChI is InChI=1S/C14H19F2NO3S/c15-14(16)21(19,20)13-7-2-1-6-12(13)17-9-4-3-5-11(17)8-10-18/h1-2,6-7,11,14,18H,3-5,8-10H2. The maximum Gasteiger partial charge on any atom is 0.341 e. The number of rotatable bonds is 5. The zero-order valence-corrected chi connectivity index (χ0v) is 12.4. The first-order valence-corrected chi connectivity index (χ1v) is 8.51. The summed E-state index contributed by atoms with van der Waals surface area (Å²) < 4.78 is 49.4. The first-order chi connectivity index (χ1) is 9.98. The van der Waals surface area contributed by atoms with Gasteiger partial charge < -0.3 is 10.0 Å². The van der Waals surface area contributed by atoms with Crippen LogP contribution in [0.1, 0.15) is 25.7 Å². The Morgan fingerprint density at radius 3 is 2.67 bits per heavy atom. The van der Waals surface area contributed by atoms with Crippen molar-refractivity contribution in [3.63, 3.8) is 0 Å². The van der Waals surface area contributed by atoms with Crippen LogP contribution in [0.2, 0.25) is 0 Å². The van der Waals surface area contributed by atoms with Crippen LogP contribution in [0, 0.1) is 0 Å². The van der Waals surface area contributed by atoms with E-state index in [0.717, 1.165) is 19.3 Å². The highest BCUT2D eigenvalue weighted by molar-refractivity contribution is 7.91. The molecule has 7 heteroatoms. The lowest BCUT2D eigenvalue weighted by Crippen LogP contribution is -2.41. The van der Waals surface area contributed by atoms with Crippen LogP contribution in [-0.2, 0) is 9.84 Å². The summed E-state index contributed by atoms with van der Waals surface area (Å²) in [7, 11) is -4.63.